The molecule has 1 aromatic carbocycles. The molecule has 0 aliphatic heterocycles. The van der Waals surface area contributed by atoms with E-state index < -0.39 is 0 Å². The van der Waals surface area contributed by atoms with Crippen LogP contribution in [0.5, 0.6) is 0 Å². The minimum absolute atomic E-state index is 0.468. The Balaban J connectivity index is 1.91. The van der Waals surface area contributed by atoms with Crippen LogP contribution >= 0.6 is 0 Å². The summed E-state index contributed by atoms with van der Waals surface area (Å²) in [6.45, 7) is 1.28. The van der Waals surface area contributed by atoms with Crippen LogP contribution in [-0.4, -0.2) is 19.3 Å². The molecule has 0 radical (unpaired) electrons. The van der Waals surface area contributed by atoms with Crippen molar-refractivity contribution in [2.24, 2.45) is 12.8 Å². The zero-order chi connectivity index (χ0) is 13.2. The van der Waals surface area contributed by atoms with Gasteiger partial charge in [-0.3, -0.25) is 4.68 Å². The molecule has 0 atom stereocenters. The lowest BCUT2D eigenvalue weighted by atomic mass is 10.2. The molecule has 0 spiro atoms. The molecule has 5 heteroatoms. The Morgan fingerprint density at radius 3 is 2.84 bits per heavy atom. The highest BCUT2D eigenvalue weighted by Crippen LogP contribution is 2.18. The van der Waals surface area contributed by atoms with Gasteiger partial charge in [-0.15, -0.1) is 0 Å². The van der Waals surface area contributed by atoms with Crippen LogP contribution in [0.2, 0.25) is 0 Å². The third kappa shape index (κ3) is 2.13. The molecule has 0 fully saturated rings. The van der Waals surface area contributed by atoms with Gasteiger partial charge >= 0.3 is 0 Å². The fourth-order valence-electron chi connectivity index (χ4n) is 2.36. The van der Waals surface area contributed by atoms with Gasteiger partial charge in [0.05, 0.1) is 11.2 Å². The summed E-state index contributed by atoms with van der Waals surface area (Å²) in [4.78, 5) is 4.34. The van der Waals surface area contributed by atoms with Gasteiger partial charge in [-0.25, -0.2) is 4.98 Å². The van der Waals surface area contributed by atoms with Crippen molar-refractivity contribution in [1.29, 1.82) is 0 Å². The number of fused-ring (bicyclic) bond motifs is 1. The lowest BCUT2D eigenvalue weighted by Gasteiger charge is -2.04. The Labute approximate surface area is 111 Å². The highest BCUT2D eigenvalue weighted by molar-refractivity contribution is 5.81. The molecule has 19 heavy (non-hydrogen) atoms. The van der Waals surface area contributed by atoms with Crippen molar-refractivity contribution in [3.63, 3.8) is 0 Å². The van der Waals surface area contributed by atoms with Crippen LogP contribution in [0.1, 0.15) is 11.5 Å². The summed E-state index contributed by atoms with van der Waals surface area (Å²) in [7, 11) is 2.01. The van der Waals surface area contributed by atoms with Crippen LogP contribution in [0, 0.1) is 0 Å². The summed E-state index contributed by atoms with van der Waals surface area (Å²) in [5.41, 5.74) is 7.84. The number of nitrogens with zero attached hydrogens (tertiary/aromatic N) is 4. The summed E-state index contributed by atoms with van der Waals surface area (Å²) < 4.78 is 4.06. The van der Waals surface area contributed by atoms with Crippen molar-refractivity contribution in [3.05, 3.63) is 48.2 Å². The summed E-state index contributed by atoms with van der Waals surface area (Å²) >= 11 is 0. The monoisotopic (exact) mass is 255 g/mol. The number of aryl methyl sites for hydroxylation is 3. The molecular formula is C14H17N5. The van der Waals surface area contributed by atoms with Gasteiger partial charge in [-0.1, -0.05) is 18.2 Å². The standard InChI is InChI=1S/C14H17N5/c1-18-9-7-16-14(18)6-8-19-13-5-3-2-4-11(13)12(10-15)17-19/h2-5,7,9H,6,8,10,15H2,1H3. The molecule has 0 saturated carbocycles. The first-order chi connectivity index (χ1) is 9.29. The molecule has 0 amide bonds. The van der Waals surface area contributed by atoms with E-state index in [1.54, 1.807) is 0 Å². The van der Waals surface area contributed by atoms with Crippen LogP contribution in [-0.2, 0) is 26.6 Å². The number of nitrogens with two attached hydrogens (primary N) is 1. The zero-order valence-corrected chi connectivity index (χ0v) is 11.0. The predicted octanol–water partition coefficient (Wildman–Crippen LogP) is 1.47. The van der Waals surface area contributed by atoms with E-state index in [1.807, 2.05) is 40.8 Å². The molecule has 3 aromatic rings. The van der Waals surface area contributed by atoms with Gasteiger partial charge in [-0.2, -0.15) is 5.10 Å². The van der Waals surface area contributed by atoms with Gasteiger partial charge in [0.2, 0.25) is 0 Å². The molecule has 0 aliphatic carbocycles. The average molecular weight is 255 g/mol. The fraction of sp³-hybridized carbons (Fsp3) is 0.286. The lowest BCUT2D eigenvalue weighted by Crippen LogP contribution is -2.08. The van der Waals surface area contributed by atoms with E-state index in [4.69, 9.17) is 5.73 Å². The minimum atomic E-state index is 0.468. The third-order valence-corrected chi connectivity index (χ3v) is 3.40. The molecule has 2 aromatic heterocycles. The van der Waals surface area contributed by atoms with Gasteiger partial charge < -0.3 is 10.3 Å². The molecular weight excluding hydrogens is 238 g/mol. The first-order valence-corrected chi connectivity index (χ1v) is 6.40. The maximum Gasteiger partial charge on any atom is 0.110 e. The second-order valence-corrected chi connectivity index (χ2v) is 4.60. The smallest absolute Gasteiger partial charge is 0.110 e. The normalized spacial score (nSPS) is 11.3. The summed E-state index contributed by atoms with van der Waals surface area (Å²) in [6, 6.07) is 8.20. The van der Waals surface area contributed by atoms with Crippen molar-refractivity contribution in [2.45, 2.75) is 19.5 Å². The number of imidazole rings is 1. The average Bonchev–Trinajstić information content (AvgIpc) is 3.00. The zero-order valence-electron chi connectivity index (χ0n) is 11.0. The first kappa shape index (κ1) is 11.9. The van der Waals surface area contributed by atoms with E-state index in [1.165, 1.54) is 0 Å². The van der Waals surface area contributed by atoms with Crippen LogP contribution in [0.25, 0.3) is 10.9 Å². The van der Waals surface area contributed by atoms with E-state index in [9.17, 15) is 0 Å². The van der Waals surface area contributed by atoms with Crippen LogP contribution in [0.4, 0.5) is 0 Å². The van der Waals surface area contributed by atoms with Gasteiger partial charge in [0.15, 0.2) is 0 Å². The minimum Gasteiger partial charge on any atom is -0.338 e. The van der Waals surface area contributed by atoms with E-state index >= 15 is 0 Å². The Hall–Kier alpha value is -2.14. The Bertz CT molecular complexity index is 695. The number of hydrogen-bond acceptors (Lipinski definition) is 3. The molecule has 0 saturated heterocycles. The van der Waals surface area contributed by atoms with Crippen molar-refractivity contribution < 1.29 is 0 Å². The summed E-state index contributed by atoms with van der Waals surface area (Å²) in [6.07, 6.45) is 4.64. The molecule has 0 unspecified atom stereocenters. The topological polar surface area (TPSA) is 61.7 Å². The van der Waals surface area contributed by atoms with Gasteiger partial charge in [0.1, 0.15) is 5.82 Å². The number of para-hydroxylation sites is 1. The van der Waals surface area contributed by atoms with Crippen LogP contribution < -0.4 is 5.73 Å². The van der Waals surface area contributed by atoms with Gasteiger partial charge in [-0.05, 0) is 6.07 Å². The number of benzene rings is 1. The number of hydrogen-bond donors (Lipinski definition) is 1. The van der Waals surface area contributed by atoms with Gasteiger partial charge in [0, 0.05) is 44.3 Å². The van der Waals surface area contributed by atoms with Crippen molar-refractivity contribution in [2.75, 3.05) is 0 Å². The fourth-order valence-corrected chi connectivity index (χ4v) is 2.36. The van der Waals surface area contributed by atoms with E-state index in [0.717, 1.165) is 35.4 Å². The SMILES string of the molecule is Cn1ccnc1CCn1nc(CN)c2ccccc21. The van der Waals surface area contributed by atoms with Crippen molar-refractivity contribution >= 4 is 10.9 Å². The number of rotatable bonds is 4. The molecule has 0 aliphatic rings. The maximum absolute atomic E-state index is 5.75. The number of aromatic nitrogens is 4. The Morgan fingerprint density at radius 1 is 1.26 bits per heavy atom. The van der Waals surface area contributed by atoms with Crippen LogP contribution in [0.15, 0.2) is 36.7 Å². The lowest BCUT2D eigenvalue weighted by molar-refractivity contribution is 0.598. The second-order valence-electron chi connectivity index (χ2n) is 4.60. The highest BCUT2D eigenvalue weighted by atomic mass is 15.3. The van der Waals surface area contributed by atoms with Crippen LogP contribution in [0.3, 0.4) is 0 Å². The Kier molecular flexibility index (Phi) is 3.05. The summed E-state index contributed by atoms with van der Waals surface area (Å²) in [5, 5.41) is 5.73. The molecule has 5 nitrogen and oxygen atoms in total. The Morgan fingerprint density at radius 2 is 2.11 bits per heavy atom. The molecule has 0 bridgehead atoms. The third-order valence-electron chi connectivity index (χ3n) is 3.40. The molecule has 98 valence electrons. The highest BCUT2D eigenvalue weighted by Gasteiger charge is 2.09. The molecule has 2 heterocycles. The van der Waals surface area contributed by atoms with Gasteiger partial charge in [0.25, 0.3) is 0 Å². The van der Waals surface area contributed by atoms with Crippen molar-refractivity contribution in [3.8, 4) is 0 Å². The summed E-state index contributed by atoms with van der Waals surface area (Å²) in [5.74, 6) is 1.06. The molecule has 2 N–H and O–H groups in total. The predicted molar refractivity (Wildman–Crippen MR) is 74.5 cm³/mol. The first-order valence-electron chi connectivity index (χ1n) is 6.40. The molecule has 3 rings (SSSR count). The van der Waals surface area contributed by atoms with E-state index in [2.05, 4.69) is 22.2 Å². The van der Waals surface area contributed by atoms with E-state index in [-0.39, 0.29) is 0 Å². The van der Waals surface area contributed by atoms with Crippen molar-refractivity contribution in [1.82, 2.24) is 19.3 Å². The maximum atomic E-state index is 5.75. The largest absolute Gasteiger partial charge is 0.338 e. The quantitative estimate of drug-likeness (QED) is 0.768. The second kappa shape index (κ2) is 4.85. The van der Waals surface area contributed by atoms with E-state index in [0.29, 0.717) is 6.54 Å².